The van der Waals surface area contributed by atoms with E-state index in [0.29, 0.717) is 0 Å². The molecule has 1 aromatic heterocycles. The largest absolute Gasteiger partial charge is 0.386 e. The highest BCUT2D eigenvalue weighted by Crippen LogP contribution is 2.26. The third-order valence-corrected chi connectivity index (χ3v) is 3.48. The second-order valence-electron chi connectivity index (χ2n) is 5.75. The number of aromatic amines is 1. The summed E-state index contributed by atoms with van der Waals surface area (Å²) in [5.74, 6) is 0.858. The maximum atomic E-state index is 10.1. The van der Waals surface area contributed by atoms with Gasteiger partial charge in [0.25, 0.3) is 0 Å². The summed E-state index contributed by atoms with van der Waals surface area (Å²) >= 11 is 0. The first-order valence-corrected chi connectivity index (χ1v) is 6.73. The van der Waals surface area contributed by atoms with E-state index < -0.39 is 5.60 Å². The summed E-state index contributed by atoms with van der Waals surface area (Å²) in [6.45, 7) is 5.64. The number of H-pyrrole nitrogens is 1. The third-order valence-electron chi connectivity index (χ3n) is 3.48. The van der Waals surface area contributed by atoms with Gasteiger partial charge in [0, 0.05) is 5.56 Å². The zero-order valence-electron chi connectivity index (χ0n) is 11.9. The van der Waals surface area contributed by atoms with Crippen molar-refractivity contribution in [2.75, 3.05) is 0 Å². The summed E-state index contributed by atoms with van der Waals surface area (Å²) in [6.07, 6.45) is 0. The van der Waals surface area contributed by atoms with Crippen molar-refractivity contribution >= 4 is 11.0 Å². The molecule has 0 bridgehead atoms. The third kappa shape index (κ3) is 2.32. The van der Waals surface area contributed by atoms with Crippen LogP contribution >= 0.6 is 0 Å². The number of hydrogen-bond donors (Lipinski definition) is 2. The Kier molecular flexibility index (Phi) is 2.87. The Morgan fingerprint density at radius 2 is 1.90 bits per heavy atom. The fraction of sp³-hybridized carbons (Fsp3) is 0.235. The van der Waals surface area contributed by atoms with Gasteiger partial charge < -0.3 is 10.1 Å². The summed E-state index contributed by atoms with van der Waals surface area (Å²) < 4.78 is 0. The number of nitrogens with one attached hydrogen (secondary N) is 1. The van der Waals surface area contributed by atoms with E-state index in [4.69, 9.17) is 0 Å². The van der Waals surface area contributed by atoms with Gasteiger partial charge in [-0.25, -0.2) is 4.98 Å². The fourth-order valence-electron chi connectivity index (χ4n) is 2.32. The Labute approximate surface area is 118 Å². The van der Waals surface area contributed by atoms with Gasteiger partial charge >= 0.3 is 0 Å². The molecule has 1 heterocycles. The van der Waals surface area contributed by atoms with Gasteiger partial charge in [0.1, 0.15) is 5.82 Å². The van der Waals surface area contributed by atoms with Crippen molar-refractivity contribution in [2.24, 2.45) is 0 Å². The lowest BCUT2D eigenvalue weighted by atomic mass is 9.98. The molecule has 2 aromatic carbocycles. The van der Waals surface area contributed by atoms with E-state index in [1.807, 2.05) is 30.3 Å². The normalized spacial score (nSPS) is 12.0. The minimum absolute atomic E-state index is 0.844. The molecule has 3 aromatic rings. The zero-order chi connectivity index (χ0) is 14.3. The molecule has 102 valence electrons. The smallest absolute Gasteiger partial charge is 0.138 e. The van der Waals surface area contributed by atoms with E-state index >= 15 is 0 Å². The van der Waals surface area contributed by atoms with Gasteiger partial charge in [-0.3, -0.25) is 0 Å². The average Bonchev–Trinajstić information content (AvgIpc) is 2.80. The molecule has 3 rings (SSSR count). The van der Waals surface area contributed by atoms with Crippen LogP contribution in [0.2, 0.25) is 0 Å². The number of fused-ring (bicyclic) bond motifs is 1. The first-order chi connectivity index (χ1) is 9.43. The van der Waals surface area contributed by atoms with Crippen LogP contribution in [0.15, 0.2) is 42.5 Å². The molecular weight excluding hydrogens is 248 g/mol. The van der Waals surface area contributed by atoms with Crippen LogP contribution in [0.4, 0.5) is 0 Å². The second-order valence-corrected chi connectivity index (χ2v) is 5.75. The SMILES string of the molecule is Cc1cccc(-c2nc3ccc(C(C)(C)O)cc3[nH]2)c1. The topological polar surface area (TPSA) is 48.9 Å². The number of imidazole rings is 1. The van der Waals surface area contributed by atoms with Crippen molar-refractivity contribution in [1.29, 1.82) is 0 Å². The molecule has 0 aliphatic rings. The first kappa shape index (κ1) is 12.9. The molecule has 0 saturated heterocycles. The molecule has 3 nitrogen and oxygen atoms in total. The first-order valence-electron chi connectivity index (χ1n) is 6.73. The molecule has 0 fully saturated rings. The minimum atomic E-state index is -0.844. The standard InChI is InChI=1S/C17H18N2O/c1-11-5-4-6-12(9-11)16-18-14-8-7-13(17(2,3)20)10-15(14)19-16/h4-10,20H,1-3H3,(H,18,19). The maximum absolute atomic E-state index is 10.1. The van der Waals surface area contributed by atoms with E-state index in [1.54, 1.807) is 13.8 Å². The Bertz CT molecular complexity index is 766. The highest BCUT2D eigenvalue weighted by molar-refractivity contribution is 5.80. The highest BCUT2D eigenvalue weighted by Gasteiger charge is 2.17. The highest BCUT2D eigenvalue weighted by atomic mass is 16.3. The average molecular weight is 266 g/mol. The fourth-order valence-corrected chi connectivity index (χ4v) is 2.32. The van der Waals surface area contributed by atoms with Crippen molar-refractivity contribution < 1.29 is 5.11 Å². The summed E-state index contributed by atoms with van der Waals surface area (Å²) in [5.41, 5.74) is 4.18. The minimum Gasteiger partial charge on any atom is -0.386 e. The summed E-state index contributed by atoms with van der Waals surface area (Å²) in [5, 5.41) is 10.1. The predicted octanol–water partition coefficient (Wildman–Crippen LogP) is 3.77. The molecule has 0 spiro atoms. The van der Waals surface area contributed by atoms with Crippen LogP contribution in [-0.4, -0.2) is 15.1 Å². The van der Waals surface area contributed by atoms with Gasteiger partial charge in [-0.2, -0.15) is 0 Å². The number of aromatic nitrogens is 2. The van der Waals surface area contributed by atoms with Crippen molar-refractivity contribution in [1.82, 2.24) is 9.97 Å². The molecule has 0 aliphatic heterocycles. The number of benzene rings is 2. The van der Waals surface area contributed by atoms with E-state index in [9.17, 15) is 5.11 Å². The summed E-state index contributed by atoms with van der Waals surface area (Å²) in [7, 11) is 0. The van der Waals surface area contributed by atoms with Crippen molar-refractivity contribution in [2.45, 2.75) is 26.4 Å². The molecule has 20 heavy (non-hydrogen) atoms. The van der Waals surface area contributed by atoms with Crippen LogP contribution < -0.4 is 0 Å². The quantitative estimate of drug-likeness (QED) is 0.742. The Morgan fingerprint density at radius 1 is 1.10 bits per heavy atom. The molecule has 0 radical (unpaired) electrons. The summed E-state index contributed by atoms with van der Waals surface area (Å²) in [6, 6.07) is 14.1. The van der Waals surface area contributed by atoms with Crippen molar-refractivity contribution in [3.8, 4) is 11.4 Å². The number of nitrogens with zero attached hydrogens (tertiary/aromatic N) is 1. The molecule has 0 aliphatic carbocycles. The molecular formula is C17H18N2O. The Hall–Kier alpha value is -2.13. The lowest BCUT2D eigenvalue weighted by molar-refractivity contribution is 0.0787. The van der Waals surface area contributed by atoms with Crippen LogP contribution in [0.3, 0.4) is 0 Å². The van der Waals surface area contributed by atoms with E-state index in [2.05, 4.69) is 29.0 Å². The van der Waals surface area contributed by atoms with Gasteiger partial charge in [0.2, 0.25) is 0 Å². The number of aryl methyl sites for hydroxylation is 1. The van der Waals surface area contributed by atoms with E-state index in [0.717, 1.165) is 28.0 Å². The number of aliphatic hydroxyl groups is 1. The molecule has 0 saturated carbocycles. The predicted molar refractivity (Wildman–Crippen MR) is 81.5 cm³/mol. The Morgan fingerprint density at radius 3 is 2.60 bits per heavy atom. The molecule has 0 atom stereocenters. The van der Waals surface area contributed by atoms with Gasteiger partial charge in [0.15, 0.2) is 0 Å². The van der Waals surface area contributed by atoms with Crippen LogP contribution in [0, 0.1) is 6.92 Å². The molecule has 3 heteroatoms. The second kappa shape index (κ2) is 4.46. The maximum Gasteiger partial charge on any atom is 0.138 e. The van der Waals surface area contributed by atoms with Crippen LogP contribution in [0.25, 0.3) is 22.4 Å². The lowest BCUT2D eigenvalue weighted by Gasteiger charge is -2.17. The zero-order valence-corrected chi connectivity index (χ0v) is 11.9. The van der Waals surface area contributed by atoms with Gasteiger partial charge in [0.05, 0.1) is 16.6 Å². The van der Waals surface area contributed by atoms with E-state index in [-0.39, 0.29) is 0 Å². The lowest BCUT2D eigenvalue weighted by Crippen LogP contribution is -2.14. The van der Waals surface area contributed by atoms with Crippen LogP contribution in [0.5, 0.6) is 0 Å². The monoisotopic (exact) mass is 266 g/mol. The molecule has 0 amide bonds. The molecule has 0 unspecified atom stereocenters. The van der Waals surface area contributed by atoms with Gasteiger partial charge in [-0.05, 0) is 44.5 Å². The number of hydrogen-bond acceptors (Lipinski definition) is 2. The van der Waals surface area contributed by atoms with Gasteiger partial charge in [-0.15, -0.1) is 0 Å². The van der Waals surface area contributed by atoms with E-state index in [1.165, 1.54) is 5.56 Å². The number of rotatable bonds is 2. The summed E-state index contributed by atoms with van der Waals surface area (Å²) in [4.78, 5) is 7.94. The van der Waals surface area contributed by atoms with Crippen LogP contribution in [0.1, 0.15) is 25.0 Å². The van der Waals surface area contributed by atoms with Gasteiger partial charge in [-0.1, -0.05) is 29.8 Å². The Balaban J connectivity index is 2.11. The van der Waals surface area contributed by atoms with Crippen molar-refractivity contribution in [3.63, 3.8) is 0 Å². The molecule has 2 N–H and O–H groups in total. The van der Waals surface area contributed by atoms with Crippen molar-refractivity contribution in [3.05, 3.63) is 53.6 Å². The van der Waals surface area contributed by atoms with Crippen LogP contribution in [-0.2, 0) is 5.60 Å².